The minimum Gasteiger partial charge on any atom is -0.437 e. The number of aromatic amines is 1. The Labute approximate surface area is 86.4 Å². The third kappa shape index (κ3) is 1.83. The van der Waals surface area contributed by atoms with Crippen molar-refractivity contribution in [3.8, 4) is 11.5 Å². The van der Waals surface area contributed by atoms with Crippen LogP contribution in [0.25, 0.3) is 11.5 Å². The molecule has 0 saturated carbocycles. The number of rotatable bonds is 1. The van der Waals surface area contributed by atoms with Gasteiger partial charge in [0.1, 0.15) is 0 Å². The predicted octanol–water partition coefficient (Wildman–Crippen LogP) is 0.139. The molecule has 0 saturated heterocycles. The first kappa shape index (κ1) is 9.22. The summed E-state index contributed by atoms with van der Waals surface area (Å²) in [7, 11) is 0. The fraction of sp³-hybridized carbons (Fsp3) is 0. The van der Waals surface area contributed by atoms with Gasteiger partial charge in [-0.1, -0.05) is 12.4 Å². The van der Waals surface area contributed by atoms with Crippen LogP contribution < -0.4 is 9.97 Å². The van der Waals surface area contributed by atoms with E-state index in [0.717, 1.165) is 11.5 Å². The van der Waals surface area contributed by atoms with Gasteiger partial charge in [-0.15, -0.1) is 0 Å². The number of H-pyrrole nitrogens is 1. The molecule has 0 spiro atoms. The van der Waals surface area contributed by atoms with E-state index in [1.165, 1.54) is 0 Å². The van der Waals surface area contributed by atoms with Crippen molar-refractivity contribution < 1.29 is 4.98 Å². The topological polar surface area (TPSA) is 41.1 Å². The summed E-state index contributed by atoms with van der Waals surface area (Å²) in [5.74, 6) is 0.741. The summed E-state index contributed by atoms with van der Waals surface area (Å²) in [5, 5.41) is 0. The molecule has 12 heavy (non-hydrogen) atoms. The second-order valence-corrected chi connectivity index (χ2v) is 2.16. The van der Waals surface area contributed by atoms with Crippen LogP contribution >= 0.6 is 0 Å². The molecule has 0 aliphatic heterocycles. The molecule has 3 nitrogen and oxygen atoms in total. The van der Waals surface area contributed by atoms with E-state index in [1.54, 1.807) is 12.4 Å². The van der Waals surface area contributed by atoms with E-state index < -0.39 is 0 Å². The maximum Gasteiger partial charge on any atom is 2.00 e. The fourth-order valence-electron chi connectivity index (χ4n) is 0.913. The first-order valence-corrected chi connectivity index (χ1v) is 3.37. The molecule has 0 aliphatic rings. The molecule has 2 aromatic heterocycles. The van der Waals surface area contributed by atoms with Crippen molar-refractivity contribution >= 4 is 23.1 Å². The SMILES string of the molecule is [Mg+2].c1ccc(-c2ncc[n-]2)[nH+]c1. The molecule has 0 fully saturated rings. The van der Waals surface area contributed by atoms with E-state index in [1.807, 2.05) is 24.4 Å². The van der Waals surface area contributed by atoms with Crippen molar-refractivity contribution in [2.45, 2.75) is 0 Å². The van der Waals surface area contributed by atoms with Crippen molar-refractivity contribution in [1.82, 2.24) is 9.97 Å². The first-order valence-electron chi connectivity index (χ1n) is 3.37. The van der Waals surface area contributed by atoms with Crippen molar-refractivity contribution in [3.63, 3.8) is 0 Å². The number of nitrogens with one attached hydrogen (secondary N) is 1. The Morgan fingerprint density at radius 3 is 2.83 bits per heavy atom. The molecule has 2 heterocycles. The smallest absolute Gasteiger partial charge is 0.437 e. The van der Waals surface area contributed by atoms with E-state index >= 15 is 0 Å². The fourth-order valence-corrected chi connectivity index (χ4v) is 0.913. The summed E-state index contributed by atoms with van der Waals surface area (Å²) in [4.78, 5) is 11.1. The van der Waals surface area contributed by atoms with E-state index in [2.05, 4.69) is 15.0 Å². The molecule has 0 aliphatic carbocycles. The van der Waals surface area contributed by atoms with Crippen LogP contribution in [0.3, 0.4) is 0 Å². The minimum atomic E-state index is 0. The molecule has 2 rings (SSSR count). The second kappa shape index (κ2) is 4.23. The van der Waals surface area contributed by atoms with Crippen LogP contribution in [0.15, 0.2) is 36.8 Å². The normalized spacial score (nSPS) is 9.00. The molecule has 0 bridgehead atoms. The summed E-state index contributed by atoms with van der Waals surface area (Å²) < 4.78 is 0. The zero-order valence-corrected chi connectivity index (χ0v) is 7.98. The number of aromatic nitrogens is 3. The first-order chi connectivity index (χ1) is 5.47. The number of pyridine rings is 1. The number of imidazole rings is 1. The molecule has 0 amide bonds. The van der Waals surface area contributed by atoms with Crippen molar-refractivity contribution in [2.75, 3.05) is 0 Å². The summed E-state index contributed by atoms with van der Waals surface area (Å²) in [6, 6.07) is 5.81. The third-order valence-electron chi connectivity index (χ3n) is 1.41. The van der Waals surface area contributed by atoms with Gasteiger partial charge in [-0.05, 0) is 6.07 Å². The van der Waals surface area contributed by atoms with Gasteiger partial charge >= 0.3 is 23.1 Å². The Bertz CT molecular complexity index is 317. The van der Waals surface area contributed by atoms with Crippen molar-refractivity contribution in [2.24, 2.45) is 0 Å². The monoisotopic (exact) mass is 169 g/mol. The maximum absolute atomic E-state index is 4.04. The van der Waals surface area contributed by atoms with Gasteiger partial charge in [0.05, 0.1) is 0 Å². The summed E-state index contributed by atoms with van der Waals surface area (Å²) in [5.41, 5.74) is 0.942. The van der Waals surface area contributed by atoms with Gasteiger partial charge in [0, 0.05) is 18.0 Å². The zero-order valence-electron chi connectivity index (χ0n) is 6.57. The van der Waals surface area contributed by atoms with Crippen LogP contribution in [0, 0.1) is 0 Å². The molecule has 2 aromatic rings. The van der Waals surface area contributed by atoms with E-state index in [9.17, 15) is 0 Å². The Morgan fingerprint density at radius 1 is 1.33 bits per heavy atom. The Morgan fingerprint density at radius 2 is 2.25 bits per heavy atom. The van der Waals surface area contributed by atoms with Crippen LogP contribution in [-0.4, -0.2) is 28.0 Å². The van der Waals surface area contributed by atoms with Crippen LogP contribution in [0.1, 0.15) is 0 Å². The molecule has 4 heteroatoms. The Hall–Kier alpha value is -0.874. The third-order valence-corrected chi connectivity index (χ3v) is 1.41. The molecule has 1 N–H and O–H groups in total. The van der Waals surface area contributed by atoms with Gasteiger partial charge in [-0.25, -0.2) is 4.98 Å². The van der Waals surface area contributed by atoms with Gasteiger partial charge < -0.3 is 9.97 Å². The van der Waals surface area contributed by atoms with E-state index in [0.29, 0.717) is 0 Å². The number of nitrogens with zero attached hydrogens (tertiary/aromatic N) is 2. The largest absolute Gasteiger partial charge is 2.00 e. The zero-order chi connectivity index (χ0) is 7.52. The maximum atomic E-state index is 4.04. The van der Waals surface area contributed by atoms with Crippen LogP contribution in [0.4, 0.5) is 0 Å². The second-order valence-electron chi connectivity index (χ2n) is 2.16. The summed E-state index contributed by atoms with van der Waals surface area (Å²) >= 11 is 0. The van der Waals surface area contributed by atoms with Crippen LogP contribution in [0.2, 0.25) is 0 Å². The predicted molar refractivity (Wildman–Crippen MR) is 45.3 cm³/mol. The van der Waals surface area contributed by atoms with Gasteiger partial charge in [-0.2, -0.15) is 0 Å². The Kier molecular flexibility index (Phi) is 3.25. The van der Waals surface area contributed by atoms with Crippen molar-refractivity contribution in [1.29, 1.82) is 0 Å². The minimum absolute atomic E-state index is 0. The summed E-state index contributed by atoms with van der Waals surface area (Å²) in [6.07, 6.45) is 5.21. The average molecular weight is 169 g/mol. The quantitative estimate of drug-likeness (QED) is 0.570. The number of hydrogen-bond acceptors (Lipinski definition) is 1. The van der Waals surface area contributed by atoms with Crippen molar-refractivity contribution in [3.05, 3.63) is 36.8 Å². The average Bonchev–Trinajstić information content (AvgIpc) is 2.58. The van der Waals surface area contributed by atoms with Gasteiger partial charge in [0.2, 0.25) is 5.69 Å². The standard InChI is InChI=1S/C8H6N3.Mg/c1-2-4-9-7(3-1)8-10-5-6-11-8;/h1-6H;/q-1;+2/p+1. The van der Waals surface area contributed by atoms with E-state index in [-0.39, 0.29) is 23.1 Å². The van der Waals surface area contributed by atoms with Gasteiger partial charge in [-0.3, -0.25) is 0 Å². The molecular formula is C8H7MgN3+2. The van der Waals surface area contributed by atoms with E-state index in [4.69, 9.17) is 0 Å². The molecule has 54 valence electrons. The molecule has 0 aromatic carbocycles. The van der Waals surface area contributed by atoms with Crippen LogP contribution in [0.5, 0.6) is 0 Å². The summed E-state index contributed by atoms with van der Waals surface area (Å²) in [6.45, 7) is 0. The van der Waals surface area contributed by atoms with Gasteiger partial charge in [0.15, 0.2) is 6.20 Å². The molecule has 0 unspecified atom stereocenters. The van der Waals surface area contributed by atoms with Gasteiger partial charge in [0.25, 0.3) is 0 Å². The molecule has 0 radical (unpaired) electrons. The molecular weight excluding hydrogens is 162 g/mol. The Balaban J connectivity index is 0.000000720. The van der Waals surface area contributed by atoms with Crippen LogP contribution in [-0.2, 0) is 0 Å². The number of hydrogen-bond donors (Lipinski definition) is 0. The molecule has 0 atom stereocenters.